The van der Waals surface area contributed by atoms with E-state index >= 15 is 0 Å². The number of rotatable bonds is 2. The van der Waals surface area contributed by atoms with E-state index in [1.165, 1.54) is 0 Å². The average Bonchev–Trinajstić information content (AvgIpc) is 2.66. The molecular weight excluding hydrogens is 247 g/mol. The van der Waals surface area contributed by atoms with E-state index in [-0.39, 0.29) is 12.4 Å². The molecule has 0 aliphatic carbocycles. The predicted molar refractivity (Wildman–Crippen MR) is 66.2 cm³/mol. The Labute approximate surface area is 105 Å². The van der Waals surface area contributed by atoms with Crippen molar-refractivity contribution in [3.63, 3.8) is 0 Å². The van der Waals surface area contributed by atoms with Gasteiger partial charge in [-0.3, -0.25) is 0 Å². The third kappa shape index (κ3) is 2.52. The van der Waals surface area contributed by atoms with Gasteiger partial charge in [-0.15, -0.1) is 17.5 Å². The van der Waals surface area contributed by atoms with Crippen LogP contribution in [0.1, 0.15) is 11.3 Å². The van der Waals surface area contributed by atoms with Crippen LogP contribution in [-0.4, -0.2) is 15.0 Å². The van der Waals surface area contributed by atoms with Crippen LogP contribution in [0.2, 0.25) is 5.02 Å². The van der Waals surface area contributed by atoms with Crippen LogP contribution >= 0.6 is 24.0 Å². The second-order valence-electron chi connectivity index (χ2n) is 3.31. The maximum atomic E-state index is 6.10. The van der Waals surface area contributed by atoms with Crippen LogP contribution < -0.4 is 5.73 Å². The van der Waals surface area contributed by atoms with Crippen LogP contribution in [0.25, 0.3) is 5.69 Å². The lowest BCUT2D eigenvalue weighted by atomic mass is 10.2. The summed E-state index contributed by atoms with van der Waals surface area (Å²) in [6.45, 7) is 2.37. The molecule has 0 saturated carbocycles. The zero-order chi connectivity index (χ0) is 10.8. The fourth-order valence-corrected chi connectivity index (χ4v) is 1.63. The Morgan fingerprint density at radius 2 is 2.19 bits per heavy atom. The van der Waals surface area contributed by atoms with E-state index in [2.05, 4.69) is 10.3 Å². The molecule has 2 N–H and O–H groups in total. The van der Waals surface area contributed by atoms with E-state index in [0.717, 1.165) is 16.9 Å². The lowest BCUT2D eigenvalue weighted by Crippen LogP contribution is -1.96. The van der Waals surface area contributed by atoms with Crippen LogP contribution in [0.4, 0.5) is 0 Å². The van der Waals surface area contributed by atoms with Gasteiger partial charge in [0.1, 0.15) is 0 Å². The molecule has 86 valence electrons. The molecule has 0 amide bonds. The van der Waals surface area contributed by atoms with Gasteiger partial charge in [0.15, 0.2) is 0 Å². The highest BCUT2D eigenvalue weighted by Crippen LogP contribution is 2.20. The summed E-state index contributed by atoms with van der Waals surface area (Å²) >= 11 is 6.10. The Bertz CT molecular complexity index is 481. The third-order valence-electron chi connectivity index (χ3n) is 2.10. The molecule has 2 aromatic rings. The highest BCUT2D eigenvalue weighted by molar-refractivity contribution is 6.32. The molecule has 0 aliphatic heterocycles. The number of aryl methyl sites for hydroxylation is 1. The number of benzene rings is 1. The summed E-state index contributed by atoms with van der Waals surface area (Å²) in [5.74, 6) is 0. The van der Waals surface area contributed by atoms with Gasteiger partial charge in [-0.2, -0.15) is 0 Å². The third-order valence-corrected chi connectivity index (χ3v) is 2.40. The average molecular weight is 259 g/mol. The number of nitrogens with zero attached hydrogens (tertiary/aromatic N) is 3. The predicted octanol–water partition coefficient (Wildman–Crippen LogP) is 2.11. The number of aromatic nitrogens is 3. The first-order chi connectivity index (χ1) is 7.20. The lowest BCUT2D eigenvalue weighted by molar-refractivity contribution is 0.796. The maximum Gasteiger partial charge on any atom is 0.0967 e. The summed E-state index contributed by atoms with van der Waals surface area (Å²) in [5, 5.41) is 8.51. The lowest BCUT2D eigenvalue weighted by Gasteiger charge is -2.03. The molecular formula is C10H12Cl2N4. The monoisotopic (exact) mass is 258 g/mol. The molecule has 0 atom stereocenters. The standard InChI is InChI=1S/C10H11ClN4.ClH/c1-7-2-3-10(9(11)4-7)15-6-8(5-12)13-14-15;/h2-4,6H,5,12H2,1H3;1H. The SMILES string of the molecule is Cc1ccc(-n2cc(CN)nn2)c(Cl)c1.Cl. The minimum Gasteiger partial charge on any atom is -0.325 e. The molecule has 0 spiro atoms. The van der Waals surface area contributed by atoms with Gasteiger partial charge in [0.25, 0.3) is 0 Å². The molecule has 1 aromatic carbocycles. The van der Waals surface area contributed by atoms with Crippen molar-refractivity contribution in [2.75, 3.05) is 0 Å². The Morgan fingerprint density at radius 3 is 2.75 bits per heavy atom. The summed E-state index contributed by atoms with van der Waals surface area (Å²) in [5.41, 5.74) is 8.12. The fraction of sp³-hybridized carbons (Fsp3) is 0.200. The van der Waals surface area contributed by atoms with E-state index in [0.29, 0.717) is 11.6 Å². The van der Waals surface area contributed by atoms with Crippen molar-refractivity contribution in [3.8, 4) is 5.69 Å². The van der Waals surface area contributed by atoms with Gasteiger partial charge in [-0.25, -0.2) is 4.68 Å². The minimum absolute atomic E-state index is 0. The second-order valence-corrected chi connectivity index (χ2v) is 3.72. The molecule has 0 saturated heterocycles. The van der Waals surface area contributed by atoms with Gasteiger partial charge in [-0.05, 0) is 24.6 Å². The first-order valence-electron chi connectivity index (χ1n) is 4.58. The van der Waals surface area contributed by atoms with Crippen molar-refractivity contribution < 1.29 is 0 Å². The maximum absolute atomic E-state index is 6.10. The molecule has 0 radical (unpaired) electrons. The van der Waals surface area contributed by atoms with Gasteiger partial charge in [-0.1, -0.05) is 22.9 Å². The largest absolute Gasteiger partial charge is 0.325 e. The van der Waals surface area contributed by atoms with Crippen LogP contribution in [0, 0.1) is 6.92 Å². The van der Waals surface area contributed by atoms with E-state index < -0.39 is 0 Å². The Balaban J connectivity index is 0.00000128. The molecule has 16 heavy (non-hydrogen) atoms. The van der Waals surface area contributed by atoms with Gasteiger partial charge in [0.2, 0.25) is 0 Å². The summed E-state index contributed by atoms with van der Waals surface area (Å²) in [4.78, 5) is 0. The quantitative estimate of drug-likeness (QED) is 0.898. The van der Waals surface area contributed by atoms with Crippen molar-refractivity contribution in [1.29, 1.82) is 0 Å². The van der Waals surface area contributed by atoms with E-state index in [4.69, 9.17) is 17.3 Å². The van der Waals surface area contributed by atoms with Crippen molar-refractivity contribution >= 4 is 24.0 Å². The smallest absolute Gasteiger partial charge is 0.0967 e. The topological polar surface area (TPSA) is 56.7 Å². The van der Waals surface area contributed by atoms with Crippen molar-refractivity contribution in [1.82, 2.24) is 15.0 Å². The summed E-state index contributed by atoms with van der Waals surface area (Å²) < 4.78 is 1.63. The first kappa shape index (κ1) is 13.0. The highest BCUT2D eigenvalue weighted by atomic mass is 35.5. The number of halogens is 2. The number of nitrogens with two attached hydrogens (primary N) is 1. The Hall–Kier alpha value is -1.10. The highest BCUT2D eigenvalue weighted by Gasteiger charge is 2.05. The van der Waals surface area contributed by atoms with Crippen LogP contribution in [0.15, 0.2) is 24.4 Å². The van der Waals surface area contributed by atoms with Gasteiger partial charge < -0.3 is 5.73 Å². The molecule has 1 aromatic heterocycles. The zero-order valence-corrected chi connectivity index (χ0v) is 10.3. The molecule has 0 fully saturated rings. The van der Waals surface area contributed by atoms with Crippen LogP contribution in [-0.2, 0) is 6.54 Å². The Morgan fingerprint density at radius 1 is 1.44 bits per heavy atom. The fourth-order valence-electron chi connectivity index (χ4n) is 1.31. The molecule has 2 rings (SSSR count). The molecule has 4 nitrogen and oxygen atoms in total. The van der Waals surface area contributed by atoms with Gasteiger partial charge >= 0.3 is 0 Å². The normalized spacial score (nSPS) is 9.94. The van der Waals surface area contributed by atoms with Gasteiger partial charge in [0.05, 0.1) is 22.6 Å². The molecule has 1 heterocycles. The van der Waals surface area contributed by atoms with Crippen molar-refractivity contribution in [2.24, 2.45) is 5.73 Å². The minimum atomic E-state index is 0. The van der Waals surface area contributed by atoms with Crippen LogP contribution in [0.5, 0.6) is 0 Å². The summed E-state index contributed by atoms with van der Waals surface area (Å²) in [7, 11) is 0. The second kappa shape index (κ2) is 5.30. The molecule has 6 heteroatoms. The van der Waals surface area contributed by atoms with E-state index in [1.54, 1.807) is 10.9 Å². The summed E-state index contributed by atoms with van der Waals surface area (Å²) in [6.07, 6.45) is 1.77. The molecule has 0 aliphatic rings. The van der Waals surface area contributed by atoms with Crippen molar-refractivity contribution in [2.45, 2.75) is 13.5 Å². The van der Waals surface area contributed by atoms with E-state index in [1.807, 2.05) is 25.1 Å². The summed E-state index contributed by atoms with van der Waals surface area (Å²) in [6, 6.07) is 5.78. The van der Waals surface area contributed by atoms with Gasteiger partial charge in [0, 0.05) is 6.54 Å². The Kier molecular flexibility index (Phi) is 4.29. The van der Waals surface area contributed by atoms with Crippen molar-refractivity contribution in [3.05, 3.63) is 40.7 Å². The molecule has 0 bridgehead atoms. The molecule has 0 unspecified atom stereocenters. The zero-order valence-electron chi connectivity index (χ0n) is 8.72. The number of hydrogen-bond donors (Lipinski definition) is 1. The van der Waals surface area contributed by atoms with E-state index in [9.17, 15) is 0 Å². The number of hydrogen-bond acceptors (Lipinski definition) is 3. The van der Waals surface area contributed by atoms with Crippen LogP contribution in [0.3, 0.4) is 0 Å². The first-order valence-corrected chi connectivity index (χ1v) is 4.96.